The smallest absolute Gasteiger partial charge is 0.265 e. The molecule has 0 aliphatic carbocycles. The average Bonchev–Trinajstić information content (AvgIpc) is 2.77. The first kappa shape index (κ1) is 13.4. The Hall–Kier alpha value is -0.690. The van der Waals surface area contributed by atoms with Gasteiger partial charge in [-0.2, -0.15) is 4.99 Å². The molecule has 5 nitrogen and oxygen atoms in total. The Bertz CT molecular complexity index is 428. The van der Waals surface area contributed by atoms with Gasteiger partial charge in [-0.3, -0.25) is 4.79 Å². The molecule has 0 spiro atoms. The van der Waals surface area contributed by atoms with Gasteiger partial charge in [-0.15, -0.1) is 23.7 Å². The van der Waals surface area contributed by atoms with Crippen LogP contribution in [0.15, 0.2) is 16.6 Å². The third-order valence-electron chi connectivity index (χ3n) is 2.37. The predicted molar refractivity (Wildman–Crippen MR) is 63.5 cm³/mol. The molecule has 2 rings (SSSR count). The highest BCUT2D eigenvalue weighted by Crippen LogP contribution is 2.07. The number of thiazole rings is 1. The highest BCUT2D eigenvalue weighted by Gasteiger charge is 2.27. The minimum absolute atomic E-state index is 0. The van der Waals surface area contributed by atoms with Crippen LogP contribution >= 0.6 is 23.7 Å². The molecule has 2 unspecified atom stereocenters. The first-order valence-corrected chi connectivity index (χ1v) is 5.65. The van der Waals surface area contributed by atoms with Crippen LogP contribution in [0.1, 0.15) is 6.42 Å². The van der Waals surface area contributed by atoms with E-state index in [0.717, 1.165) is 0 Å². The SMILES string of the molecule is Cl.Cn1ccsc1=NC(=O)C1CC(O)CN1. The predicted octanol–water partition coefficient (Wildman–Crippen LogP) is -0.342. The Morgan fingerprint density at radius 2 is 2.50 bits per heavy atom. The lowest BCUT2D eigenvalue weighted by atomic mass is 10.2. The molecular weight excluding hydrogens is 250 g/mol. The molecule has 1 aliphatic heterocycles. The maximum absolute atomic E-state index is 11.7. The summed E-state index contributed by atoms with van der Waals surface area (Å²) < 4.78 is 1.80. The third kappa shape index (κ3) is 2.91. The van der Waals surface area contributed by atoms with Crippen LogP contribution in [0.2, 0.25) is 0 Å². The molecule has 1 fully saturated rings. The van der Waals surface area contributed by atoms with Crippen molar-refractivity contribution < 1.29 is 9.90 Å². The summed E-state index contributed by atoms with van der Waals surface area (Å²) in [6.45, 7) is 0.475. The molecule has 16 heavy (non-hydrogen) atoms. The standard InChI is InChI=1S/C9H13N3O2S.ClH/c1-12-2-3-15-9(12)11-8(14)7-4-6(13)5-10-7;/h2-3,6-7,10,13H,4-5H2,1H3;1H. The third-order valence-corrected chi connectivity index (χ3v) is 3.22. The number of amides is 1. The van der Waals surface area contributed by atoms with Crippen molar-refractivity contribution >= 4 is 29.7 Å². The van der Waals surface area contributed by atoms with Gasteiger partial charge in [-0.25, -0.2) is 0 Å². The molecule has 2 N–H and O–H groups in total. The number of carbonyl (C=O) groups excluding carboxylic acids is 1. The Morgan fingerprint density at radius 3 is 3.00 bits per heavy atom. The van der Waals surface area contributed by atoms with Gasteiger partial charge in [0.1, 0.15) is 0 Å². The van der Waals surface area contributed by atoms with Gasteiger partial charge in [0.05, 0.1) is 12.1 Å². The van der Waals surface area contributed by atoms with E-state index in [9.17, 15) is 9.90 Å². The number of halogens is 1. The van der Waals surface area contributed by atoms with Gasteiger partial charge >= 0.3 is 0 Å². The summed E-state index contributed by atoms with van der Waals surface area (Å²) in [4.78, 5) is 16.4. The van der Waals surface area contributed by atoms with Crippen LogP contribution in [-0.2, 0) is 11.8 Å². The van der Waals surface area contributed by atoms with E-state index in [4.69, 9.17) is 0 Å². The van der Waals surface area contributed by atoms with Gasteiger partial charge in [0.15, 0.2) is 4.80 Å². The van der Waals surface area contributed by atoms with E-state index in [1.165, 1.54) is 11.3 Å². The van der Waals surface area contributed by atoms with Crippen LogP contribution in [0.4, 0.5) is 0 Å². The molecular formula is C9H14ClN3O2S. The number of nitrogens with zero attached hydrogens (tertiary/aromatic N) is 2. The van der Waals surface area contributed by atoms with Crippen molar-refractivity contribution in [2.45, 2.75) is 18.6 Å². The second kappa shape index (κ2) is 5.58. The minimum Gasteiger partial charge on any atom is -0.392 e. The van der Waals surface area contributed by atoms with Gasteiger partial charge < -0.3 is 15.0 Å². The quantitative estimate of drug-likeness (QED) is 0.729. The number of carbonyl (C=O) groups is 1. The Balaban J connectivity index is 0.00000128. The summed E-state index contributed by atoms with van der Waals surface area (Å²) in [5.41, 5.74) is 0. The molecule has 7 heteroatoms. The van der Waals surface area contributed by atoms with E-state index in [-0.39, 0.29) is 24.4 Å². The van der Waals surface area contributed by atoms with Crippen molar-refractivity contribution in [1.29, 1.82) is 0 Å². The molecule has 0 aromatic carbocycles. The zero-order valence-corrected chi connectivity index (χ0v) is 10.4. The highest BCUT2D eigenvalue weighted by molar-refractivity contribution is 7.07. The normalized spacial score (nSPS) is 25.5. The van der Waals surface area contributed by atoms with Crippen LogP contribution in [0.5, 0.6) is 0 Å². The maximum Gasteiger partial charge on any atom is 0.265 e. The fraction of sp³-hybridized carbons (Fsp3) is 0.556. The Kier molecular flexibility index (Phi) is 4.67. The second-order valence-electron chi connectivity index (χ2n) is 3.60. The number of hydrogen-bond acceptors (Lipinski definition) is 4. The lowest BCUT2D eigenvalue weighted by Gasteiger charge is -2.02. The van der Waals surface area contributed by atoms with Crippen LogP contribution in [-0.4, -0.2) is 34.3 Å². The van der Waals surface area contributed by atoms with E-state index in [0.29, 0.717) is 17.8 Å². The van der Waals surface area contributed by atoms with Crippen molar-refractivity contribution in [2.75, 3.05) is 6.54 Å². The lowest BCUT2D eigenvalue weighted by molar-refractivity contribution is -0.119. The monoisotopic (exact) mass is 263 g/mol. The van der Waals surface area contributed by atoms with E-state index in [1.54, 1.807) is 4.57 Å². The van der Waals surface area contributed by atoms with Crippen molar-refractivity contribution in [1.82, 2.24) is 9.88 Å². The van der Waals surface area contributed by atoms with Crippen LogP contribution in [0.3, 0.4) is 0 Å². The van der Waals surface area contributed by atoms with Gasteiger partial charge in [-0.05, 0) is 6.42 Å². The number of aromatic nitrogens is 1. The number of aliphatic hydroxyl groups is 1. The minimum atomic E-state index is -0.425. The molecule has 0 bridgehead atoms. The second-order valence-corrected chi connectivity index (χ2v) is 4.47. The molecule has 90 valence electrons. The molecule has 0 radical (unpaired) electrons. The summed E-state index contributed by atoms with van der Waals surface area (Å²) >= 11 is 1.42. The van der Waals surface area contributed by atoms with Gasteiger partial charge in [0.2, 0.25) is 0 Å². The molecule has 2 atom stereocenters. The first-order chi connectivity index (χ1) is 7.16. The van der Waals surface area contributed by atoms with Gasteiger partial charge in [-0.1, -0.05) is 0 Å². The number of nitrogens with one attached hydrogen (secondary N) is 1. The van der Waals surface area contributed by atoms with Crippen LogP contribution < -0.4 is 10.1 Å². The van der Waals surface area contributed by atoms with Gasteiger partial charge in [0, 0.05) is 25.2 Å². The number of rotatable bonds is 1. The fourth-order valence-corrected chi connectivity index (χ4v) is 2.25. The van der Waals surface area contributed by atoms with Crippen LogP contribution in [0, 0.1) is 0 Å². The largest absolute Gasteiger partial charge is 0.392 e. The Labute approximate surface area is 103 Å². The number of β-amino-alcohol motifs (C(OH)–C–C–N with tert-alkyl or cyclic N) is 1. The number of hydrogen-bond donors (Lipinski definition) is 2. The van der Waals surface area contributed by atoms with E-state index in [2.05, 4.69) is 10.3 Å². The van der Waals surface area contributed by atoms with Crippen molar-refractivity contribution in [2.24, 2.45) is 12.0 Å². The summed E-state index contributed by atoms with van der Waals surface area (Å²) in [6, 6.07) is -0.331. The molecule has 1 aromatic rings. The summed E-state index contributed by atoms with van der Waals surface area (Å²) in [6.07, 6.45) is 1.89. The molecule has 1 aliphatic rings. The van der Waals surface area contributed by atoms with Crippen molar-refractivity contribution in [3.8, 4) is 0 Å². The molecule has 2 heterocycles. The highest BCUT2D eigenvalue weighted by atomic mass is 35.5. The van der Waals surface area contributed by atoms with Crippen molar-refractivity contribution in [3.63, 3.8) is 0 Å². The van der Waals surface area contributed by atoms with Crippen molar-refractivity contribution in [3.05, 3.63) is 16.4 Å². The summed E-state index contributed by atoms with van der Waals surface area (Å²) in [5, 5.41) is 14.1. The van der Waals surface area contributed by atoms with E-state index >= 15 is 0 Å². The maximum atomic E-state index is 11.7. The fourth-order valence-electron chi connectivity index (χ4n) is 1.51. The Morgan fingerprint density at radius 1 is 1.75 bits per heavy atom. The van der Waals surface area contributed by atoms with Gasteiger partial charge in [0.25, 0.3) is 5.91 Å². The zero-order chi connectivity index (χ0) is 10.8. The summed E-state index contributed by atoms with van der Waals surface area (Å²) in [5.74, 6) is -0.204. The molecule has 1 aromatic heterocycles. The number of aliphatic hydroxyl groups excluding tert-OH is 1. The molecule has 1 amide bonds. The molecule has 1 saturated heterocycles. The number of aryl methyl sites for hydroxylation is 1. The van der Waals surface area contributed by atoms with Crippen LogP contribution in [0.25, 0.3) is 0 Å². The zero-order valence-electron chi connectivity index (χ0n) is 8.79. The molecule has 0 saturated carbocycles. The first-order valence-electron chi connectivity index (χ1n) is 4.77. The van der Waals surface area contributed by atoms with E-state index in [1.807, 2.05) is 18.6 Å². The lowest BCUT2D eigenvalue weighted by Crippen LogP contribution is -2.31. The van der Waals surface area contributed by atoms with E-state index < -0.39 is 6.10 Å². The summed E-state index contributed by atoms with van der Waals surface area (Å²) in [7, 11) is 1.85. The average molecular weight is 264 g/mol. The topological polar surface area (TPSA) is 66.6 Å².